The molecule has 136 valence electrons. The average molecular weight is 360 g/mol. The summed E-state index contributed by atoms with van der Waals surface area (Å²) in [6.45, 7) is 5.76. The van der Waals surface area contributed by atoms with Gasteiger partial charge in [0.1, 0.15) is 5.69 Å². The van der Waals surface area contributed by atoms with Crippen LogP contribution in [-0.4, -0.2) is 37.2 Å². The number of pyridine rings is 2. The Labute approximate surface area is 155 Å². The van der Waals surface area contributed by atoms with Gasteiger partial charge in [0.15, 0.2) is 5.65 Å². The van der Waals surface area contributed by atoms with E-state index in [1.807, 2.05) is 55.1 Å². The quantitative estimate of drug-likeness (QED) is 0.593. The van der Waals surface area contributed by atoms with E-state index in [1.54, 1.807) is 4.52 Å². The molecule has 4 aromatic heterocycles. The molecule has 0 bridgehead atoms. The highest BCUT2D eigenvalue weighted by Crippen LogP contribution is 2.21. The van der Waals surface area contributed by atoms with Crippen LogP contribution in [0.25, 0.3) is 27.9 Å². The second kappa shape index (κ2) is 5.99. The van der Waals surface area contributed by atoms with Crippen LogP contribution in [-0.2, 0) is 0 Å². The first-order valence-corrected chi connectivity index (χ1v) is 9.17. The Bertz CT molecular complexity index is 1230. The molecular formula is C20H20N6O. The zero-order chi connectivity index (χ0) is 18.5. The van der Waals surface area contributed by atoms with Crippen molar-refractivity contribution in [2.45, 2.75) is 26.3 Å². The van der Waals surface area contributed by atoms with Gasteiger partial charge in [-0.15, -0.1) is 0 Å². The van der Waals surface area contributed by atoms with E-state index in [0.29, 0.717) is 10.9 Å². The maximum atomic E-state index is 12.9. The highest BCUT2D eigenvalue weighted by atomic mass is 16.1. The van der Waals surface area contributed by atoms with Gasteiger partial charge < -0.3 is 9.88 Å². The summed E-state index contributed by atoms with van der Waals surface area (Å²) < 4.78 is 3.61. The molecule has 1 saturated heterocycles. The van der Waals surface area contributed by atoms with E-state index in [-0.39, 0.29) is 11.6 Å². The molecule has 0 amide bonds. The highest BCUT2D eigenvalue weighted by molar-refractivity contribution is 5.80. The predicted octanol–water partition coefficient (Wildman–Crippen LogP) is 2.26. The molecule has 1 fully saturated rings. The van der Waals surface area contributed by atoms with Crippen LogP contribution in [0.5, 0.6) is 0 Å². The van der Waals surface area contributed by atoms with Gasteiger partial charge in [-0.2, -0.15) is 5.10 Å². The number of hydrogen-bond acceptors (Lipinski definition) is 5. The fraction of sp³-hybridized carbons (Fsp3) is 0.300. The fourth-order valence-corrected chi connectivity index (χ4v) is 3.82. The molecule has 7 heteroatoms. The molecule has 5 rings (SSSR count). The zero-order valence-corrected chi connectivity index (χ0v) is 15.3. The largest absolute Gasteiger partial charge is 0.315 e. The smallest absolute Gasteiger partial charge is 0.260 e. The van der Waals surface area contributed by atoms with Crippen molar-refractivity contribution in [2.75, 3.05) is 13.1 Å². The summed E-state index contributed by atoms with van der Waals surface area (Å²) in [6.07, 6.45) is 4.74. The lowest BCUT2D eigenvalue weighted by atomic mass is 10.1. The molecule has 0 spiro atoms. The minimum Gasteiger partial charge on any atom is -0.315 e. The molecule has 0 saturated carbocycles. The van der Waals surface area contributed by atoms with Gasteiger partial charge in [-0.3, -0.25) is 4.79 Å². The van der Waals surface area contributed by atoms with Gasteiger partial charge in [-0.1, -0.05) is 0 Å². The normalized spacial score (nSPS) is 17.2. The van der Waals surface area contributed by atoms with E-state index in [2.05, 4.69) is 15.4 Å². The zero-order valence-electron chi connectivity index (χ0n) is 15.3. The number of nitrogens with zero attached hydrogens (tertiary/aromatic N) is 5. The van der Waals surface area contributed by atoms with E-state index < -0.39 is 0 Å². The molecule has 7 nitrogen and oxygen atoms in total. The summed E-state index contributed by atoms with van der Waals surface area (Å²) in [6, 6.07) is 7.86. The second-order valence-electron chi connectivity index (χ2n) is 7.17. The molecular weight excluding hydrogens is 340 g/mol. The standard InChI is InChI=1S/C20H20N6O/c1-12-9-18(24-26-11-13(2)22-19(12)26)17-4-3-15-16(23-17)6-8-25(20(15)27)14-5-7-21-10-14/h3-4,6,8-9,11,14,21H,5,7,10H2,1-2H3/t14-/m1/s1. The van der Waals surface area contributed by atoms with Crippen molar-refractivity contribution in [1.29, 1.82) is 0 Å². The van der Waals surface area contributed by atoms with Gasteiger partial charge in [0, 0.05) is 12.7 Å². The molecule has 0 aliphatic carbocycles. The van der Waals surface area contributed by atoms with Crippen LogP contribution in [0.15, 0.2) is 41.5 Å². The van der Waals surface area contributed by atoms with Crippen molar-refractivity contribution < 1.29 is 0 Å². The number of aromatic nitrogens is 5. The Kier molecular flexibility index (Phi) is 3.58. The molecule has 1 aliphatic rings. The third-order valence-corrected chi connectivity index (χ3v) is 5.20. The molecule has 0 unspecified atom stereocenters. The van der Waals surface area contributed by atoms with Crippen molar-refractivity contribution in [3.8, 4) is 11.4 Å². The maximum Gasteiger partial charge on any atom is 0.260 e. The number of hydrogen-bond donors (Lipinski definition) is 1. The Balaban J connectivity index is 1.62. The van der Waals surface area contributed by atoms with E-state index in [4.69, 9.17) is 4.98 Å². The first-order valence-electron chi connectivity index (χ1n) is 9.17. The first-order chi connectivity index (χ1) is 13.1. The number of rotatable bonds is 2. The van der Waals surface area contributed by atoms with Crippen molar-refractivity contribution in [3.05, 3.63) is 58.3 Å². The highest BCUT2D eigenvalue weighted by Gasteiger charge is 2.18. The van der Waals surface area contributed by atoms with E-state index in [9.17, 15) is 4.79 Å². The van der Waals surface area contributed by atoms with Crippen LogP contribution in [0.3, 0.4) is 0 Å². The number of imidazole rings is 1. The maximum absolute atomic E-state index is 12.9. The second-order valence-corrected chi connectivity index (χ2v) is 7.17. The Morgan fingerprint density at radius 1 is 1.15 bits per heavy atom. The average Bonchev–Trinajstić information content (AvgIpc) is 3.31. The van der Waals surface area contributed by atoms with E-state index in [0.717, 1.165) is 47.8 Å². The molecule has 5 heterocycles. The Hall–Kier alpha value is -3.06. The minimum absolute atomic E-state index is 0.0186. The number of aryl methyl sites for hydroxylation is 2. The summed E-state index contributed by atoms with van der Waals surface area (Å²) in [7, 11) is 0. The number of nitrogens with one attached hydrogen (secondary N) is 1. The molecule has 1 atom stereocenters. The third-order valence-electron chi connectivity index (χ3n) is 5.20. The van der Waals surface area contributed by atoms with E-state index >= 15 is 0 Å². The molecule has 0 aromatic carbocycles. The number of fused-ring (bicyclic) bond motifs is 2. The van der Waals surface area contributed by atoms with Gasteiger partial charge in [0.05, 0.1) is 34.5 Å². The van der Waals surface area contributed by atoms with E-state index in [1.165, 1.54) is 0 Å². The van der Waals surface area contributed by atoms with Gasteiger partial charge in [-0.05, 0) is 56.6 Å². The summed E-state index contributed by atoms with van der Waals surface area (Å²) in [5.41, 5.74) is 5.05. The lowest BCUT2D eigenvalue weighted by Gasteiger charge is -2.13. The molecule has 1 aliphatic heterocycles. The van der Waals surface area contributed by atoms with Crippen LogP contribution in [0.1, 0.15) is 23.7 Å². The summed E-state index contributed by atoms with van der Waals surface area (Å²) in [4.78, 5) is 22.1. The summed E-state index contributed by atoms with van der Waals surface area (Å²) in [5.74, 6) is 0. The summed E-state index contributed by atoms with van der Waals surface area (Å²) in [5, 5.41) is 8.59. The predicted molar refractivity (Wildman–Crippen MR) is 104 cm³/mol. The van der Waals surface area contributed by atoms with Crippen molar-refractivity contribution in [2.24, 2.45) is 0 Å². The van der Waals surface area contributed by atoms with Gasteiger partial charge in [0.25, 0.3) is 5.56 Å². The molecule has 4 aromatic rings. The topological polar surface area (TPSA) is 77.1 Å². The monoisotopic (exact) mass is 360 g/mol. The first kappa shape index (κ1) is 16.1. The molecule has 0 radical (unpaired) electrons. The van der Waals surface area contributed by atoms with Crippen LogP contribution in [0.2, 0.25) is 0 Å². The lowest BCUT2D eigenvalue weighted by Crippen LogP contribution is -2.25. The van der Waals surface area contributed by atoms with Crippen LogP contribution < -0.4 is 10.9 Å². The molecule has 27 heavy (non-hydrogen) atoms. The SMILES string of the molecule is Cc1cn2nc(-c3ccc4c(=O)n([C@@H]5CCNC5)ccc4n3)cc(C)c2n1. The minimum atomic E-state index is 0.0186. The van der Waals surface area contributed by atoms with Crippen molar-refractivity contribution >= 4 is 16.6 Å². The Morgan fingerprint density at radius 3 is 2.85 bits per heavy atom. The van der Waals surface area contributed by atoms with Crippen molar-refractivity contribution in [1.82, 2.24) is 29.5 Å². The van der Waals surface area contributed by atoms with Crippen LogP contribution >= 0.6 is 0 Å². The van der Waals surface area contributed by atoms with Crippen molar-refractivity contribution in [3.63, 3.8) is 0 Å². The lowest BCUT2D eigenvalue weighted by molar-refractivity contribution is 0.532. The summed E-state index contributed by atoms with van der Waals surface area (Å²) >= 11 is 0. The Morgan fingerprint density at radius 2 is 2.04 bits per heavy atom. The van der Waals surface area contributed by atoms with Gasteiger partial charge >= 0.3 is 0 Å². The van der Waals surface area contributed by atoms with Crippen LogP contribution in [0.4, 0.5) is 0 Å². The van der Waals surface area contributed by atoms with Gasteiger partial charge in [0.2, 0.25) is 0 Å². The van der Waals surface area contributed by atoms with Crippen LogP contribution in [0, 0.1) is 13.8 Å². The van der Waals surface area contributed by atoms with Gasteiger partial charge in [-0.25, -0.2) is 14.5 Å². The fourth-order valence-electron chi connectivity index (χ4n) is 3.82. The third kappa shape index (κ3) is 2.62. The molecule has 1 N–H and O–H groups in total.